The number of aromatic amines is 1. The van der Waals surface area contributed by atoms with E-state index in [0.29, 0.717) is 12.7 Å². The fourth-order valence-electron chi connectivity index (χ4n) is 5.37. The molecule has 0 aliphatic carbocycles. The third kappa shape index (κ3) is 3.10. The van der Waals surface area contributed by atoms with Crippen LogP contribution in [0.3, 0.4) is 0 Å². The molecule has 2 aliphatic rings. The van der Waals surface area contributed by atoms with Crippen LogP contribution in [-0.2, 0) is 0 Å². The summed E-state index contributed by atoms with van der Waals surface area (Å²) in [6.07, 6.45) is 2.29. The molecule has 2 aliphatic heterocycles. The van der Waals surface area contributed by atoms with Crippen LogP contribution in [-0.4, -0.2) is 41.2 Å². The van der Waals surface area contributed by atoms with Gasteiger partial charge in [-0.25, -0.2) is 4.99 Å². The molecule has 7 nitrogen and oxygen atoms in total. The summed E-state index contributed by atoms with van der Waals surface area (Å²) in [5, 5.41) is 8.67. The molecule has 0 bridgehead atoms. The lowest BCUT2D eigenvalue weighted by molar-refractivity contribution is 0.393. The van der Waals surface area contributed by atoms with Crippen LogP contribution < -0.4 is 10.1 Å². The number of hydrogen-bond acceptors (Lipinski definition) is 6. The van der Waals surface area contributed by atoms with E-state index in [1.54, 1.807) is 7.11 Å². The van der Waals surface area contributed by atoms with Gasteiger partial charge in [0.25, 0.3) is 0 Å². The second-order valence-electron chi connectivity index (χ2n) is 8.75. The number of nitrogens with one attached hydrogen (secondary N) is 2. The fraction of sp³-hybridized carbons (Fsp3) is 0.308. The number of fused-ring (bicyclic) bond motifs is 3. The Morgan fingerprint density at radius 3 is 2.73 bits per heavy atom. The van der Waals surface area contributed by atoms with E-state index in [-0.39, 0.29) is 0 Å². The van der Waals surface area contributed by atoms with Crippen molar-refractivity contribution in [3.63, 3.8) is 0 Å². The van der Waals surface area contributed by atoms with Crippen LogP contribution in [0, 0.1) is 13.8 Å². The average molecular weight is 442 g/mol. The van der Waals surface area contributed by atoms with Crippen molar-refractivity contribution in [2.75, 3.05) is 25.6 Å². The van der Waals surface area contributed by atoms with Crippen molar-refractivity contribution >= 4 is 22.6 Å². The summed E-state index contributed by atoms with van der Waals surface area (Å²) in [4.78, 5) is 11.0. The summed E-state index contributed by atoms with van der Waals surface area (Å²) < 4.78 is 11.3. The molecule has 1 unspecified atom stereocenters. The number of aromatic nitrogens is 2. The number of likely N-dealkylation sites (tertiary alicyclic amines) is 1. The van der Waals surface area contributed by atoms with Crippen molar-refractivity contribution in [1.29, 1.82) is 0 Å². The number of nitrogens with zero attached hydrogens (tertiary/aromatic N) is 3. The van der Waals surface area contributed by atoms with Crippen LogP contribution in [0.25, 0.3) is 22.0 Å². The zero-order valence-electron chi connectivity index (χ0n) is 19.1. The normalized spacial score (nSPS) is 17.7. The molecule has 0 radical (unpaired) electrons. The highest BCUT2D eigenvalue weighted by molar-refractivity contribution is 6.16. The Kier molecular flexibility index (Phi) is 4.64. The lowest BCUT2D eigenvalue weighted by Crippen LogP contribution is -2.34. The Morgan fingerprint density at radius 1 is 1.12 bits per heavy atom. The summed E-state index contributed by atoms with van der Waals surface area (Å²) >= 11 is 0. The van der Waals surface area contributed by atoms with Crippen LogP contribution in [0.15, 0.2) is 52.0 Å². The lowest BCUT2D eigenvalue weighted by Gasteiger charge is -2.30. The van der Waals surface area contributed by atoms with Gasteiger partial charge in [-0.2, -0.15) is 0 Å². The first-order valence-electron chi connectivity index (χ1n) is 11.4. The van der Waals surface area contributed by atoms with Crippen molar-refractivity contribution in [3.05, 3.63) is 65.0 Å². The van der Waals surface area contributed by atoms with Gasteiger partial charge in [0.1, 0.15) is 29.8 Å². The smallest absolute Gasteiger partial charge is 0.141 e. The van der Waals surface area contributed by atoms with E-state index < -0.39 is 0 Å². The second-order valence-corrected chi connectivity index (χ2v) is 8.75. The molecular weight excluding hydrogens is 414 g/mol. The predicted octanol–water partition coefficient (Wildman–Crippen LogP) is 5.42. The number of hydrogen-bond donors (Lipinski definition) is 2. The largest absolute Gasteiger partial charge is 0.496 e. The minimum Gasteiger partial charge on any atom is -0.496 e. The number of amidine groups is 1. The van der Waals surface area contributed by atoms with Gasteiger partial charge in [0.15, 0.2) is 0 Å². The van der Waals surface area contributed by atoms with E-state index in [0.717, 1.165) is 75.8 Å². The SMILES string of the molecule is COc1cc2c3c([nH]c2cc1-c1c(C)noc1C)NCN=C3N1CCCC1c1ccccc1. The molecule has 33 heavy (non-hydrogen) atoms. The number of rotatable bonds is 3. The minimum atomic E-state index is 0.337. The summed E-state index contributed by atoms with van der Waals surface area (Å²) in [5.74, 6) is 3.63. The van der Waals surface area contributed by atoms with Gasteiger partial charge in [0, 0.05) is 23.0 Å². The van der Waals surface area contributed by atoms with Crippen LogP contribution in [0.5, 0.6) is 5.75 Å². The number of methoxy groups -OCH3 is 1. The topological polar surface area (TPSA) is 78.7 Å². The van der Waals surface area contributed by atoms with Gasteiger partial charge in [0.05, 0.1) is 30.0 Å². The average Bonchev–Trinajstić information content (AvgIpc) is 3.55. The second kappa shape index (κ2) is 7.69. The molecule has 1 saturated heterocycles. The van der Waals surface area contributed by atoms with E-state index in [1.165, 1.54) is 5.56 Å². The third-order valence-electron chi connectivity index (χ3n) is 6.84. The van der Waals surface area contributed by atoms with Crippen molar-refractivity contribution in [3.8, 4) is 16.9 Å². The number of benzene rings is 2. The highest BCUT2D eigenvalue weighted by atomic mass is 16.5. The van der Waals surface area contributed by atoms with Crippen molar-refractivity contribution < 1.29 is 9.26 Å². The van der Waals surface area contributed by atoms with Gasteiger partial charge in [-0.1, -0.05) is 35.5 Å². The molecule has 0 amide bonds. The molecule has 2 aromatic heterocycles. The molecule has 4 heterocycles. The Bertz CT molecular complexity index is 1350. The highest BCUT2D eigenvalue weighted by Gasteiger charge is 2.33. The number of aliphatic imine (C=N–C) groups is 1. The maximum Gasteiger partial charge on any atom is 0.141 e. The van der Waals surface area contributed by atoms with Crippen LogP contribution in [0.4, 0.5) is 5.82 Å². The maximum atomic E-state index is 5.84. The predicted molar refractivity (Wildman–Crippen MR) is 130 cm³/mol. The van der Waals surface area contributed by atoms with E-state index >= 15 is 0 Å². The highest BCUT2D eigenvalue weighted by Crippen LogP contribution is 2.42. The summed E-state index contributed by atoms with van der Waals surface area (Å²) in [7, 11) is 1.71. The van der Waals surface area contributed by atoms with Crippen LogP contribution in [0.2, 0.25) is 0 Å². The molecular formula is C26H27N5O2. The first kappa shape index (κ1) is 19.9. The van der Waals surface area contributed by atoms with E-state index in [4.69, 9.17) is 14.3 Å². The van der Waals surface area contributed by atoms with E-state index in [9.17, 15) is 0 Å². The van der Waals surface area contributed by atoms with Gasteiger partial charge in [-0.15, -0.1) is 0 Å². The zero-order valence-corrected chi connectivity index (χ0v) is 19.1. The Hall–Kier alpha value is -3.74. The monoisotopic (exact) mass is 441 g/mol. The maximum absolute atomic E-state index is 5.84. The Balaban J connectivity index is 1.49. The molecule has 1 atom stereocenters. The van der Waals surface area contributed by atoms with Crippen LogP contribution in [0.1, 0.15) is 41.5 Å². The lowest BCUT2D eigenvalue weighted by atomic mass is 9.99. The number of aryl methyl sites for hydroxylation is 2. The quantitative estimate of drug-likeness (QED) is 0.444. The summed E-state index contributed by atoms with van der Waals surface area (Å²) in [6, 6.07) is 15.3. The summed E-state index contributed by atoms with van der Waals surface area (Å²) in [6.45, 7) is 5.45. The number of H-pyrrole nitrogens is 1. The van der Waals surface area contributed by atoms with E-state index in [2.05, 4.69) is 62.8 Å². The van der Waals surface area contributed by atoms with E-state index in [1.807, 2.05) is 13.8 Å². The summed E-state index contributed by atoms with van der Waals surface area (Å²) in [5.41, 5.74) is 6.30. The molecule has 2 N–H and O–H groups in total. The zero-order chi connectivity index (χ0) is 22.5. The van der Waals surface area contributed by atoms with Crippen molar-refractivity contribution in [1.82, 2.24) is 15.0 Å². The first-order valence-corrected chi connectivity index (χ1v) is 11.4. The standard InChI is InChI=1S/C26H27N5O2/c1-15-23(16(2)33-30-15)19-12-20-18(13-22(19)32-3)24-25(29-20)27-14-28-26(24)31-11-7-10-21(31)17-8-5-4-6-9-17/h4-6,8-9,12-13,21,27,29H,7,10-11,14H2,1-3H3. The fourth-order valence-corrected chi connectivity index (χ4v) is 5.37. The molecule has 0 saturated carbocycles. The molecule has 168 valence electrons. The molecule has 0 spiro atoms. The number of ether oxygens (including phenoxy) is 1. The molecule has 6 rings (SSSR count). The van der Waals surface area contributed by atoms with Gasteiger partial charge in [0.2, 0.25) is 0 Å². The van der Waals surface area contributed by atoms with Crippen LogP contribution >= 0.6 is 0 Å². The number of anilines is 1. The Morgan fingerprint density at radius 2 is 1.97 bits per heavy atom. The molecule has 1 fully saturated rings. The minimum absolute atomic E-state index is 0.337. The molecule has 2 aromatic carbocycles. The third-order valence-corrected chi connectivity index (χ3v) is 6.84. The molecule has 7 heteroatoms. The van der Waals surface area contributed by atoms with Gasteiger partial charge >= 0.3 is 0 Å². The molecule has 4 aromatic rings. The first-order chi connectivity index (χ1) is 16.2. The van der Waals surface area contributed by atoms with Crippen molar-refractivity contribution in [2.24, 2.45) is 4.99 Å². The van der Waals surface area contributed by atoms with Gasteiger partial charge in [-0.3, -0.25) is 0 Å². The van der Waals surface area contributed by atoms with Gasteiger partial charge in [-0.05, 0) is 44.4 Å². The Labute approximate surface area is 192 Å². The van der Waals surface area contributed by atoms with Crippen molar-refractivity contribution in [2.45, 2.75) is 32.7 Å². The van der Waals surface area contributed by atoms with Gasteiger partial charge < -0.3 is 24.5 Å².